The van der Waals surface area contributed by atoms with Crippen molar-refractivity contribution in [3.8, 4) is 0 Å². The topological polar surface area (TPSA) is 15.3 Å². The highest BCUT2D eigenvalue weighted by molar-refractivity contribution is 9.10. The maximum atomic E-state index is 6.12. The zero-order valence-electron chi connectivity index (χ0n) is 11.9. The molecular formula is C15H22BrCl3N2. The van der Waals surface area contributed by atoms with E-state index in [4.69, 9.17) is 11.6 Å². The molecule has 2 fully saturated rings. The van der Waals surface area contributed by atoms with Crippen LogP contribution in [0.3, 0.4) is 0 Å². The van der Waals surface area contributed by atoms with Gasteiger partial charge >= 0.3 is 0 Å². The summed E-state index contributed by atoms with van der Waals surface area (Å²) in [5, 5.41) is 4.24. The Labute approximate surface area is 152 Å². The van der Waals surface area contributed by atoms with Crippen molar-refractivity contribution >= 4 is 52.3 Å². The van der Waals surface area contributed by atoms with Gasteiger partial charge in [0.25, 0.3) is 0 Å². The standard InChI is InChI=1S/C15H20BrClN2.2ClH/c16-13-10-12(3-4-14(13)17)15(9-11-1-2-11)19-7-5-18-6-8-19;;/h3-4,10-11,15,18H,1-2,5-9H2;2*1H/t15-;;/m1../s1. The van der Waals surface area contributed by atoms with Crippen LogP contribution in [0.15, 0.2) is 22.7 Å². The Hall–Kier alpha value is 0.490. The van der Waals surface area contributed by atoms with Crippen LogP contribution in [0.2, 0.25) is 5.02 Å². The molecule has 1 atom stereocenters. The van der Waals surface area contributed by atoms with Gasteiger partial charge in [-0.05, 0) is 46.0 Å². The molecule has 0 amide bonds. The van der Waals surface area contributed by atoms with Crippen LogP contribution < -0.4 is 5.32 Å². The van der Waals surface area contributed by atoms with Gasteiger partial charge in [0.05, 0.1) is 5.02 Å². The van der Waals surface area contributed by atoms with E-state index in [9.17, 15) is 0 Å². The summed E-state index contributed by atoms with van der Waals surface area (Å²) in [5.41, 5.74) is 1.41. The molecule has 1 saturated carbocycles. The van der Waals surface area contributed by atoms with Crippen molar-refractivity contribution in [2.45, 2.75) is 25.3 Å². The Bertz CT molecular complexity index is 449. The molecule has 2 aliphatic rings. The summed E-state index contributed by atoms with van der Waals surface area (Å²) in [6, 6.07) is 6.98. The van der Waals surface area contributed by atoms with Crippen LogP contribution in [0.4, 0.5) is 0 Å². The van der Waals surface area contributed by atoms with Crippen molar-refractivity contribution in [3.63, 3.8) is 0 Å². The summed E-state index contributed by atoms with van der Waals surface area (Å²) in [6.07, 6.45) is 4.13. The van der Waals surface area contributed by atoms with Crippen LogP contribution in [0.25, 0.3) is 0 Å². The lowest BCUT2D eigenvalue weighted by Crippen LogP contribution is -2.45. The zero-order chi connectivity index (χ0) is 13.2. The first-order chi connectivity index (χ1) is 9.24. The van der Waals surface area contributed by atoms with E-state index < -0.39 is 0 Å². The van der Waals surface area contributed by atoms with Gasteiger partial charge in [-0.25, -0.2) is 0 Å². The van der Waals surface area contributed by atoms with Gasteiger partial charge in [-0.3, -0.25) is 4.90 Å². The van der Waals surface area contributed by atoms with Crippen molar-refractivity contribution < 1.29 is 0 Å². The van der Waals surface area contributed by atoms with Gasteiger partial charge in [0.1, 0.15) is 0 Å². The molecule has 2 nitrogen and oxygen atoms in total. The average molecular weight is 417 g/mol. The van der Waals surface area contributed by atoms with Gasteiger partial charge in [0, 0.05) is 36.7 Å². The van der Waals surface area contributed by atoms with Gasteiger partial charge in [-0.2, -0.15) is 0 Å². The normalized spacial score (nSPS) is 20.3. The third kappa shape index (κ3) is 5.26. The van der Waals surface area contributed by atoms with Gasteiger partial charge in [-0.1, -0.05) is 30.5 Å². The van der Waals surface area contributed by atoms with Crippen LogP contribution in [-0.2, 0) is 0 Å². The maximum Gasteiger partial charge on any atom is 0.0548 e. The summed E-state index contributed by atoms with van der Waals surface area (Å²) >= 11 is 9.68. The van der Waals surface area contributed by atoms with Gasteiger partial charge < -0.3 is 5.32 Å². The number of nitrogens with one attached hydrogen (secondary N) is 1. The third-order valence-electron chi connectivity index (χ3n) is 4.17. The van der Waals surface area contributed by atoms with Crippen LogP contribution in [0, 0.1) is 5.92 Å². The largest absolute Gasteiger partial charge is 0.314 e. The second-order valence-corrected chi connectivity index (χ2v) is 6.92. The second kappa shape index (κ2) is 8.95. The van der Waals surface area contributed by atoms with E-state index in [1.807, 2.05) is 6.07 Å². The van der Waals surface area contributed by atoms with Crippen molar-refractivity contribution in [2.24, 2.45) is 5.92 Å². The molecule has 0 bridgehead atoms. The zero-order valence-corrected chi connectivity index (χ0v) is 15.8. The highest BCUT2D eigenvalue weighted by atomic mass is 79.9. The molecule has 1 heterocycles. The van der Waals surface area contributed by atoms with Gasteiger partial charge in [0.2, 0.25) is 0 Å². The lowest BCUT2D eigenvalue weighted by molar-refractivity contribution is 0.160. The molecule has 1 aliphatic heterocycles. The number of rotatable bonds is 4. The number of hydrogen-bond donors (Lipinski definition) is 1. The molecule has 0 aromatic heterocycles. The van der Waals surface area contributed by atoms with E-state index >= 15 is 0 Å². The number of hydrogen-bond acceptors (Lipinski definition) is 2. The molecule has 1 saturated heterocycles. The summed E-state index contributed by atoms with van der Waals surface area (Å²) in [4.78, 5) is 2.63. The molecule has 1 aliphatic carbocycles. The van der Waals surface area contributed by atoms with E-state index in [2.05, 4.69) is 38.3 Å². The quantitative estimate of drug-likeness (QED) is 0.766. The van der Waals surface area contributed by atoms with E-state index in [0.717, 1.165) is 41.6 Å². The minimum atomic E-state index is 0. The number of piperazine rings is 1. The number of halogens is 4. The smallest absolute Gasteiger partial charge is 0.0548 e. The molecule has 0 radical (unpaired) electrons. The Morgan fingerprint density at radius 1 is 1.24 bits per heavy atom. The van der Waals surface area contributed by atoms with E-state index in [1.54, 1.807) is 0 Å². The van der Waals surface area contributed by atoms with E-state index in [0.29, 0.717) is 6.04 Å². The Morgan fingerprint density at radius 3 is 2.48 bits per heavy atom. The van der Waals surface area contributed by atoms with Gasteiger partial charge in [-0.15, -0.1) is 24.8 Å². The van der Waals surface area contributed by atoms with Crippen molar-refractivity contribution in [1.82, 2.24) is 10.2 Å². The second-order valence-electron chi connectivity index (χ2n) is 5.65. The first kappa shape index (κ1) is 19.5. The fourth-order valence-corrected chi connectivity index (χ4v) is 3.39. The van der Waals surface area contributed by atoms with Crippen molar-refractivity contribution in [1.29, 1.82) is 0 Å². The minimum absolute atomic E-state index is 0. The molecular weight excluding hydrogens is 394 g/mol. The SMILES string of the molecule is Cl.Cl.Clc1ccc([C@@H](CC2CC2)N2CCNCC2)cc1Br. The fourth-order valence-electron chi connectivity index (χ4n) is 2.88. The van der Waals surface area contributed by atoms with Crippen LogP contribution in [0.1, 0.15) is 30.9 Å². The van der Waals surface area contributed by atoms with Crippen LogP contribution in [0.5, 0.6) is 0 Å². The third-order valence-corrected chi connectivity index (χ3v) is 5.39. The lowest BCUT2D eigenvalue weighted by atomic mass is 9.99. The summed E-state index contributed by atoms with van der Waals surface area (Å²) in [5.74, 6) is 0.939. The molecule has 1 N–H and O–H groups in total. The molecule has 1 aromatic carbocycles. The maximum absolute atomic E-state index is 6.12. The van der Waals surface area contributed by atoms with Crippen LogP contribution in [-0.4, -0.2) is 31.1 Å². The lowest BCUT2D eigenvalue weighted by Gasteiger charge is -2.35. The van der Waals surface area contributed by atoms with E-state index in [-0.39, 0.29) is 24.8 Å². The monoisotopic (exact) mass is 414 g/mol. The number of benzene rings is 1. The van der Waals surface area contributed by atoms with E-state index in [1.165, 1.54) is 24.8 Å². The van der Waals surface area contributed by atoms with Crippen molar-refractivity contribution in [3.05, 3.63) is 33.3 Å². The predicted molar refractivity (Wildman–Crippen MR) is 98.2 cm³/mol. The number of nitrogens with zero attached hydrogens (tertiary/aromatic N) is 1. The van der Waals surface area contributed by atoms with Gasteiger partial charge in [0.15, 0.2) is 0 Å². The summed E-state index contributed by atoms with van der Waals surface area (Å²) < 4.78 is 1.02. The Kier molecular flexibility index (Phi) is 8.33. The molecule has 3 rings (SSSR count). The molecule has 0 unspecified atom stereocenters. The highest BCUT2D eigenvalue weighted by Crippen LogP contribution is 2.41. The first-order valence-corrected chi connectivity index (χ1v) is 8.31. The van der Waals surface area contributed by atoms with Crippen molar-refractivity contribution in [2.75, 3.05) is 26.2 Å². The molecule has 6 heteroatoms. The Balaban J connectivity index is 0.00000110. The predicted octanol–water partition coefficient (Wildman–Crippen LogP) is 4.69. The fraction of sp³-hybridized carbons (Fsp3) is 0.600. The molecule has 21 heavy (non-hydrogen) atoms. The average Bonchev–Trinajstić information content (AvgIpc) is 3.24. The summed E-state index contributed by atoms with van der Waals surface area (Å²) in [6.45, 7) is 4.51. The Morgan fingerprint density at radius 2 is 1.90 bits per heavy atom. The first-order valence-electron chi connectivity index (χ1n) is 7.14. The minimum Gasteiger partial charge on any atom is -0.314 e. The molecule has 120 valence electrons. The molecule has 1 aromatic rings. The summed E-state index contributed by atoms with van der Waals surface area (Å²) in [7, 11) is 0. The van der Waals surface area contributed by atoms with Crippen LogP contribution >= 0.6 is 52.3 Å². The molecule has 0 spiro atoms. The highest BCUT2D eigenvalue weighted by Gasteiger charge is 2.30.